The molecular weight excluding hydrogens is 379 g/mol. The highest BCUT2D eigenvalue weighted by atomic mass is 79.9. The van der Waals surface area contributed by atoms with Crippen molar-refractivity contribution >= 4 is 31.9 Å². The van der Waals surface area contributed by atoms with Crippen molar-refractivity contribution in [2.75, 3.05) is 0 Å². The number of hydrogen-bond donors (Lipinski definition) is 1. The molecule has 0 spiro atoms. The van der Waals surface area contributed by atoms with Crippen molar-refractivity contribution in [3.05, 3.63) is 56.7 Å². The van der Waals surface area contributed by atoms with Gasteiger partial charge >= 0.3 is 0 Å². The Labute approximate surface area is 127 Å². The van der Waals surface area contributed by atoms with E-state index in [0.29, 0.717) is 11.3 Å². The van der Waals surface area contributed by atoms with E-state index in [4.69, 9.17) is 4.74 Å². The number of halogens is 3. The van der Waals surface area contributed by atoms with E-state index in [1.54, 1.807) is 19.1 Å². The minimum absolute atomic E-state index is 0.118. The van der Waals surface area contributed by atoms with Gasteiger partial charge in [0.25, 0.3) is 0 Å². The van der Waals surface area contributed by atoms with Crippen LogP contribution in [0.5, 0.6) is 11.5 Å². The first kappa shape index (κ1) is 14.5. The van der Waals surface area contributed by atoms with Crippen LogP contribution in [-0.2, 0) is 0 Å². The molecule has 0 bridgehead atoms. The minimum Gasteiger partial charge on any atom is -0.453 e. The molecule has 1 atom stereocenters. The number of ether oxygens (including phenoxy) is 1. The highest BCUT2D eigenvalue weighted by Gasteiger charge is 2.10. The van der Waals surface area contributed by atoms with E-state index in [2.05, 4.69) is 31.9 Å². The van der Waals surface area contributed by atoms with Gasteiger partial charge in [-0.15, -0.1) is 0 Å². The van der Waals surface area contributed by atoms with Gasteiger partial charge in [-0.2, -0.15) is 0 Å². The first-order chi connectivity index (χ1) is 8.97. The fourth-order valence-corrected chi connectivity index (χ4v) is 2.66. The summed E-state index contributed by atoms with van der Waals surface area (Å²) in [5, 5.41) is 9.38. The van der Waals surface area contributed by atoms with Crippen molar-refractivity contribution in [3.63, 3.8) is 0 Å². The van der Waals surface area contributed by atoms with Gasteiger partial charge in [-0.1, -0.05) is 22.0 Å². The maximum Gasteiger partial charge on any atom is 0.166 e. The first-order valence-electron chi connectivity index (χ1n) is 5.58. The largest absolute Gasteiger partial charge is 0.453 e. The molecule has 0 saturated carbocycles. The molecule has 5 heteroatoms. The molecule has 0 unspecified atom stereocenters. The second-order valence-corrected chi connectivity index (χ2v) is 5.81. The highest BCUT2D eigenvalue weighted by Crippen LogP contribution is 2.33. The summed E-state index contributed by atoms with van der Waals surface area (Å²) in [5.41, 5.74) is 0.514. The van der Waals surface area contributed by atoms with Crippen molar-refractivity contribution in [3.8, 4) is 11.5 Å². The summed E-state index contributed by atoms with van der Waals surface area (Å²) < 4.78 is 21.0. The van der Waals surface area contributed by atoms with Crippen LogP contribution in [0, 0.1) is 5.82 Å². The van der Waals surface area contributed by atoms with Gasteiger partial charge in [-0.3, -0.25) is 0 Å². The number of hydrogen-bond acceptors (Lipinski definition) is 2. The second kappa shape index (κ2) is 6.03. The molecule has 0 aliphatic heterocycles. The van der Waals surface area contributed by atoms with Gasteiger partial charge in [0.1, 0.15) is 5.75 Å². The Hall–Kier alpha value is -0.910. The lowest BCUT2D eigenvalue weighted by atomic mass is 10.1. The van der Waals surface area contributed by atoms with Crippen molar-refractivity contribution < 1.29 is 14.2 Å². The quantitative estimate of drug-likeness (QED) is 0.781. The Kier molecular flexibility index (Phi) is 4.60. The normalized spacial score (nSPS) is 12.3. The molecule has 2 rings (SSSR count). The topological polar surface area (TPSA) is 29.5 Å². The van der Waals surface area contributed by atoms with E-state index in [9.17, 15) is 9.50 Å². The predicted molar refractivity (Wildman–Crippen MR) is 78.9 cm³/mol. The SMILES string of the molecule is C[C@@H](O)c1ccc(Oc2ccc(Br)cc2Br)c(F)c1. The fraction of sp³-hybridized carbons (Fsp3) is 0.143. The lowest BCUT2D eigenvalue weighted by molar-refractivity contribution is 0.198. The average molecular weight is 390 g/mol. The van der Waals surface area contributed by atoms with E-state index in [0.717, 1.165) is 8.95 Å². The Morgan fingerprint density at radius 3 is 2.37 bits per heavy atom. The lowest BCUT2D eigenvalue weighted by Crippen LogP contribution is -1.95. The van der Waals surface area contributed by atoms with Crippen LogP contribution >= 0.6 is 31.9 Å². The predicted octanol–water partition coefficient (Wildman–Crippen LogP) is 5.20. The molecule has 0 aromatic heterocycles. The summed E-state index contributed by atoms with van der Waals surface area (Å²) >= 11 is 6.68. The summed E-state index contributed by atoms with van der Waals surface area (Å²) in [6.45, 7) is 1.58. The van der Waals surface area contributed by atoms with E-state index in [1.165, 1.54) is 12.1 Å². The van der Waals surface area contributed by atoms with E-state index >= 15 is 0 Å². The molecule has 100 valence electrons. The van der Waals surface area contributed by atoms with Crippen molar-refractivity contribution in [1.82, 2.24) is 0 Å². The van der Waals surface area contributed by atoms with Gasteiger partial charge in [0, 0.05) is 4.47 Å². The zero-order valence-corrected chi connectivity index (χ0v) is 13.2. The van der Waals surface area contributed by atoms with Crippen LogP contribution in [0.15, 0.2) is 45.3 Å². The second-order valence-electron chi connectivity index (χ2n) is 4.04. The smallest absolute Gasteiger partial charge is 0.166 e. The van der Waals surface area contributed by atoms with Gasteiger partial charge in [0.2, 0.25) is 0 Å². The van der Waals surface area contributed by atoms with E-state index < -0.39 is 11.9 Å². The van der Waals surface area contributed by atoms with Crippen LogP contribution in [0.2, 0.25) is 0 Å². The summed E-state index contributed by atoms with van der Waals surface area (Å²) in [6.07, 6.45) is -0.706. The molecule has 0 aliphatic rings. The molecule has 2 aromatic rings. The molecule has 0 aliphatic carbocycles. The summed E-state index contributed by atoms with van der Waals surface area (Å²) in [5.74, 6) is 0.132. The maximum atomic E-state index is 13.8. The zero-order chi connectivity index (χ0) is 14.0. The van der Waals surface area contributed by atoms with E-state index in [-0.39, 0.29) is 5.75 Å². The van der Waals surface area contributed by atoms with E-state index in [1.807, 2.05) is 12.1 Å². The summed E-state index contributed by atoms with van der Waals surface area (Å²) in [6, 6.07) is 9.77. The monoisotopic (exact) mass is 388 g/mol. The Morgan fingerprint density at radius 2 is 1.79 bits per heavy atom. The Bertz CT molecular complexity index is 600. The third-order valence-corrected chi connectivity index (χ3v) is 3.67. The van der Waals surface area contributed by atoms with Crippen LogP contribution in [0.3, 0.4) is 0 Å². The molecule has 0 fully saturated rings. The number of aliphatic hydroxyl groups is 1. The van der Waals surface area contributed by atoms with Gasteiger partial charge in [0.05, 0.1) is 10.6 Å². The Morgan fingerprint density at radius 1 is 1.11 bits per heavy atom. The standard InChI is InChI=1S/C14H11Br2FO2/c1-8(18)9-2-4-14(12(17)6-9)19-13-5-3-10(15)7-11(13)16/h2-8,18H,1H3/t8-/m1/s1. The number of rotatable bonds is 3. The highest BCUT2D eigenvalue weighted by molar-refractivity contribution is 9.11. The summed E-state index contributed by atoms with van der Waals surface area (Å²) in [7, 11) is 0. The third kappa shape index (κ3) is 3.55. The Balaban J connectivity index is 2.28. The maximum absolute atomic E-state index is 13.8. The molecule has 2 nitrogen and oxygen atoms in total. The summed E-state index contributed by atoms with van der Waals surface area (Å²) in [4.78, 5) is 0. The molecule has 19 heavy (non-hydrogen) atoms. The molecule has 0 amide bonds. The molecular formula is C14H11Br2FO2. The molecule has 0 saturated heterocycles. The molecule has 0 heterocycles. The zero-order valence-electron chi connectivity index (χ0n) is 10.0. The molecule has 2 aromatic carbocycles. The van der Waals surface area contributed by atoms with Crippen LogP contribution in [0.4, 0.5) is 4.39 Å². The van der Waals surface area contributed by atoms with Crippen molar-refractivity contribution in [2.45, 2.75) is 13.0 Å². The first-order valence-corrected chi connectivity index (χ1v) is 7.16. The van der Waals surface area contributed by atoms with Crippen molar-refractivity contribution in [1.29, 1.82) is 0 Å². The lowest BCUT2D eigenvalue weighted by Gasteiger charge is -2.11. The van der Waals surface area contributed by atoms with Crippen LogP contribution in [0.1, 0.15) is 18.6 Å². The van der Waals surface area contributed by atoms with Gasteiger partial charge in [0.15, 0.2) is 11.6 Å². The van der Waals surface area contributed by atoms with Crippen LogP contribution < -0.4 is 4.74 Å². The average Bonchev–Trinajstić information content (AvgIpc) is 2.34. The number of benzene rings is 2. The molecule has 0 radical (unpaired) electrons. The fourth-order valence-electron chi connectivity index (χ4n) is 1.54. The van der Waals surface area contributed by atoms with Crippen LogP contribution in [-0.4, -0.2) is 5.11 Å². The van der Waals surface area contributed by atoms with Gasteiger partial charge < -0.3 is 9.84 Å². The minimum atomic E-state index is -0.706. The third-order valence-electron chi connectivity index (χ3n) is 2.55. The molecule has 1 N–H and O–H groups in total. The van der Waals surface area contributed by atoms with Gasteiger partial charge in [-0.05, 0) is 58.7 Å². The van der Waals surface area contributed by atoms with Gasteiger partial charge in [-0.25, -0.2) is 4.39 Å². The number of aliphatic hydroxyl groups excluding tert-OH is 1. The van der Waals surface area contributed by atoms with Crippen LogP contribution in [0.25, 0.3) is 0 Å². The van der Waals surface area contributed by atoms with Crippen molar-refractivity contribution in [2.24, 2.45) is 0 Å².